The van der Waals surface area contributed by atoms with Gasteiger partial charge in [0.05, 0.1) is 0 Å². The van der Waals surface area contributed by atoms with Crippen molar-refractivity contribution in [3.8, 4) is 11.1 Å². The van der Waals surface area contributed by atoms with Crippen LogP contribution in [0.4, 0.5) is 0 Å². The van der Waals surface area contributed by atoms with Crippen LogP contribution in [0.15, 0.2) is 30.5 Å². The largest absolute Gasteiger partial charge is 0.262 e. The van der Waals surface area contributed by atoms with E-state index >= 15 is 0 Å². The van der Waals surface area contributed by atoms with Gasteiger partial charge in [-0.05, 0) is 73.1 Å². The van der Waals surface area contributed by atoms with Gasteiger partial charge in [0, 0.05) is 11.9 Å². The lowest BCUT2D eigenvalue weighted by molar-refractivity contribution is 0.732. The Morgan fingerprint density at radius 3 is 2.21 bits per heavy atom. The van der Waals surface area contributed by atoms with Gasteiger partial charge in [0.2, 0.25) is 0 Å². The molecular formula is C18H23N. The second kappa shape index (κ2) is 5.56. The first-order valence-electron chi connectivity index (χ1n) is 7.07. The van der Waals surface area contributed by atoms with Crippen molar-refractivity contribution in [3.05, 3.63) is 52.8 Å². The lowest BCUT2D eigenvalue weighted by atomic mass is 9.89. The van der Waals surface area contributed by atoms with Gasteiger partial charge in [-0.15, -0.1) is 0 Å². The van der Waals surface area contributed by atoms with Gasteiger partial charge in [0.15, 0.2) is 0 Å². The van der Waals surface area contributed by atoms with E-state index in [2.05, 4.69) is 56.9 Å². The molecule has 1 aromatic heterocycles. The first-order chi connectivity index (χ1) is 9.02. The summed E-state index contributed by atoms with van der Waals surface area (Å²) in [6, 6.07) is 8.95. The molecule has 0 amide bonds. The Kier molecular flexibility index (Phi) is 4.04. The van der Waals surface area contributed by atoms with Gasteiger partial charge in [-0.3, -0.25) is 4.98 Å². The Hall–Kier alpha value is -1.63. The zero-order valence-corrected chi connectivity index (χ0v) is 12.6. The number of hydrogen-bond acceptors (Lipinski definition) is 1. The van der Waals surface area contributed by atoms with E-state index in [1.165, 1.54) is 34.2 Å². The average molecular weight is 253 g/mol. The summed E-state index contributed by atoms with van der Waals surface area (Å²) >= 11 is 0. The first kappa shape index (κ1) is 13.8. The van der Waals surface area contributed by atoms with Crippen LogP contribution >= 0.6 is 0 Å². The Bertz CT molecular complexity index is 561. The highest BCUT2D eigenvalue weighted by atomic mass is 14.6. The van der Waals surface area contributed by atoms with Crippen LogP contribution in [0.5, 0.6) is 0 Å². The molecule has 0 fully saturated rings. The molecule has 0 radical (unpaired) electrons. The van der Waals surface area contributed by atoms with Gasteiger partial charge in [0.1, 0.15) is 0 Å². The van der Waals surface area contributed by atoms with E-state index < -0.39 is 0 Å². The quantitative estimate of drug-likeness (QED) is 0.733. The molecule has 0 aliphatic carbocycles. The van der Waals surface area contributed by atoms with Crippen molar-refractivity contribution >= 4 is 0 Å². The summed E-state index contributed by atoms with van der Waals surface area (Å²) in [5, 5.41) is 0. The predicted octanol–water partition coefficient (Wildman–Crippen LogP) is 5.19. The molecule has 2 rings (SSSR count). The Morgan fingerprint density at radius 2 is 1.68 bits per heavy atom. The van der Waals surface area contributed by atoms with Crippen LogP contribution in [-0.2, 0) is 0 Å². The topological polar surface area (TPSA) is 12.9 Å². The van der Waals surface area contributed by atoms with Crippen LogP contribution in [0.2, 0.25) is 0 Å². The van der Waals surface area contributed by atoms with Crippen LogP contribution in [0.1, 0.15) is 48.6 Å². The summed E-state index contributed by atoms with van der Waals surface area (Å²) in [4.78, 5) is 4.28. The van der Waals surface area contributed by atoms with Crippen LogP contribution in [0.25, 0.3) is 11.1 Å². The number of aryl methyl sites for hydroxylation is 3. The molecule has 100 valence electrons. The van der Waals surface area contributed by atoms with Crippen LogP contribution < -0.4 is 0 Å². The normalized spacial score (nSPS) is 12.5. The van der Waals surface area contributed by atoms with E-state index in [1.807, 2.05) is 13.1 Å². The highest BCUT2D eigenvalue weighted by molar-refractivity contribution is 5.71. The summed E-state index contributed by atoms with van der Waals surface area (Å²) < 4.78 is 0. The van der Waals surface area contributed by atoms with Gasteiger partial charge < -0.3 is 0 Å². The highest BCUT2D eigenvalue weighted by Gasteiger charge is 2.10. The fourth-order valence-corrected chi connectivity index (χ4v) is 2.67. The maximum Gasteiger partial charge on any atom is 0.0378 e. The Labute approximate surface area is 116 Å². The summed E-state index contributed by atoms with van der Waals surface area (Å²) in [6.45, 7) is 11.0. The lowest BCUT2D eigenvalue weighted by Crippen LogP contribution is -1.97. The van der Waals surface area contributed by atoms with Crippen LogP contribution in [0.3, 0.4) is 0 Å². The lowest BCUT2D eigenvalue weighted by Gasteiger charge is -2.16. The van der Waals surface area contributed by atoms with E-state index in [1.54, 1.807) is 0 Å². The minimum Gasteiger partial charge on any atom is -0.262 e. The van der Waals surface area contributed by atoms with Gasteiger partial charge in [0.25, 0.3) is 0 Å². The number of nitrogens with zero attached hydrogens (tertiary/aromatic N) is 1. The second-order valence-electron chi connectivity index (χ2n) is 5.52. The molecule has 1 heteroatoms. The van der Waals surface area contributed by atoms with E-state index in [4.69, 9.17) is 0 Å². The molecule has 1 heterocycles. The van der Waals surface area contributed by atoms with Crippen molar-refractivity contribution in [3.63, 3.8) is 0 Å². The number of benzene rings is 1. The minimum atomic E-state index is 0.630. The van der Waals surface area contributed by atoms with Gasteiger partial charge >= 0.3 is 0 Å². The standard InChI is InChI=1S/C18H23N/c1-6-12(2)17-9-13(3)18(14(4)10-17)16-7-8-19-15(5)11-16/h7-12H,6H2,1-5H3. The molecule has 0 bridgehead atoms. The fourth-order valence-electron chi connectivity index (χ4n) is 2.67. The zero-order valence-electron chi connectivity index (χ0n) is 12.6. The molecule has 1 unspecified atom stereocenters. The zero-order chi connectivity index (χ0) is 14.0. The van der Waals surface area contributed by atoms with Gasteiger partial charge in [-0.1, -0.05) is 26.0 Å². The van der Waals surface area contributed by atoms with Crippen molar-refractivity contribution < 1.29 is 0 Å². The van der Waals surface area contributed by atoms with E-state index in [-0.39, 0.29) is 0 Å². The molecule has 1 nitrogen and oxygen atoms in total. The molecule has 0 spiro atoms. The molecule has 0 N–H and O–H groups in total. The molecule has 0 aliphatic rings. The van der Waals surface area contributed by atoms with Crippen molar-refractivity contribution in [2.75, 3.05) is 0 Å². The SMILES string of the molecule is CCC(C)c1cc(C)c(-c2ccnc(C)c2)c(C)c1. The Morgan fingerprint density at radius 1 is 1.05 bits per heavy atom. The number of aromatic nitrogens is 1. The summed E-state index contributed by atoms with van der Waals surface area (Å²) in [6.07, 6.45) is 3.08. The molecule has 0 aliphatic heterocycles. The predicted molar refractivity (Wildman–Crippen MR) is 82.6 cm³/mol. The molecule has 0 saturated heterocycles. The smallest absolute Gasteiger partial charge is 0.0378 e. The minimum absolute atomic E-state index is 0.630. The molecular weight excluding hydrogens is 230 g/mol. The van der Waals surface area contributed by atoms with Gasteiger partial charge in [-0.25, -0.2) is 0 Å². The molecule has 19 heavy (non-hydrogen) atoms. The third kappa shape index (κ3) is 2.86. The van der Waals surface area contributed by atoms with Crippen molar-refractivity contribution in [1.82, 2.24) is 4.98 Å². The van der Waals surface area contributed by atoms with E-state index in [0.717, 1.165) is 5.69 Å². The summed E-state index contributed by atoms with van der Waals surface area (Å²) in [5.74, 6) is 0.630. The average Bonchev–Trinajstić information content (AvgIpc) is 2.37. The van der Waals surface area contributed by atoms with Crippen LogP contribution in [0, 0.1) is 20.8 Å². The van der Waals surface area contributed by atoms with E-state index in [9.17, 15) is 0 Å². The monoisotopic (exact) mass is 253 g/mol. The molecule has 0 saturated carbocycles. The maximum atomic E-state index is 4.28. The summed E-state index contributed by atoms with van der Waals surface area (Å²) in [5.41, 5.74) is 7.88. The fraction of sp³-hybridized carbons (Fsp3) is 0.389. The van der Waals surface area contributed by atoms with Crippen molar-refractivity contribution in [2.24, 2.45) is 0 Å². The Balaban J connectivity index is 2.54. The molecule has 1 atom stereocenters. The third-order valence-corrected chi connectivity index (χ3v) is 3.92. The van der Waals surface area contributed by atoms with Crippen molar-refractivity contribution in [2.45, 2.75) is 47.0 Å². The molecule has 2 aromatic rings. The number of rotatable bonds is 3. The summed E-state index contributed by atoms with van der Waals surface area (Å²) in [7, 11) is 0. The van der Waals surface area contributed by atoms with Gasteiger partial charge in [-0.2, -0.15) is 0 Å². The maximum absolute atomic E-state index is 4.28. The first-order valence-corrected chi connectivity index (χ1v) is 7.07. The third-order valence-electron chi connectivity index (χ3n) is 3.92. The van der Waals surface area contributed by atoms with Crippen molar-refractivity contribution in [1.29, 1.82) is 0 Å². The number of hydrogen-bond donors (Lipinski definition) is 0. The van der Waals surface area contributed by atoms with Crippen LogP contribution in [-0.4, -0.2) is 4.98 Å². The molecule has 1 aromatic carbocycles. The highest BCUT2D eigenvalue weighted by Crippen LogP contribution is 2.31. The second-order valence-corrected chi connectivity index (χ2v) is 5.52. The van der Waals surface area contributed by atoms with E-state index in [0.29, 0.717) is 5.92 Å². The number of pyridine rings is 1.